The Balaban J connectivity index is 1.73. The minimum atomic E-state index is -4.51. The van der Waals surface area contributed by atoms with Crippen molar-refractivity contribution in [1.82, 2.24) is 15.3 Å². The van der Waals surface area contributed by atoms with Crippen molar-refractivity contribution in [2.24, 2.45) is 0 Å². The molecule has 3 rings (SSSR count). The van der Waals surface area contributed by atoms with Crippen LogP contribution in [0.3, 0.4) is 0 Å². The first-order chi connectivity index (χ1) is 11.4. The lowest BCUT2D eigenvalue weighted by Gasteiger charge is -2.24. The lowest BCUT2D eigenvalue weighted by Crippen LogP contribution is -2.33. The van der Waals surface area contributed by atoms with E-state index in [1.807, 2.05) is 0 Å². The number of nitrogens with zero attached hydrogens (tertiary/aromatic N) is 2. The van der Waals surface area contributed by atoms with E-state index >= 15 is 0 Å². The van der Waals surface area contributed by atoms with E-state index in [-0.39, 0.29) is 17.7 Å². The number of hydrogen-bond acceptors (Lipinski definition) is 5. The Morgan fingerprint density at radius 3 is 2.54 bits per heavy atom. The maximum absolute atomic E-state index is 14.2. The van der Waals surface area contributed by atoms with Gasteiger partial charge in [-0.15, -0.1) is 0 Å². The van der Waals surface area contributed by atoms with E-state index in [4.69, 9.17) is 4.74 Å². The van der Waals surface area contributed by atoms with Crippen LogP contribution in [0.4, 0.5) is 29.2 Å². The predicted octanol–water partition coefficient (Wildman–Crippen LogP) is 3.04. The summed E-state index contributed by atoms with van der Waals surface area (Å²) in [6.45, 7) is 1.89. The highest BCUT2D eigenvalue weighted by molar-refractivity contribution is 5.55. The fourth-order valence-electron chi connectivity index (χ4n) is 2.27. The topological polar surface area (TPSA) is 59.1 Å². The van der Waals surface area contributed by atoms with Crippen molar-refractivity contribution in [3.8, 4) is 0 Å². The standard InChI is InChI=1S/C15H14F4N4O/c16-11-5-9(13-8-20-3-4-24-13)1-2-12(11)23-14-21-6-10(7-22-14)15(17,18)19/h1-2,5-7,13,20H,3-4,8H2,(H,21,22,23)/t13-/m1/s1. The van der Waals surface area contributed by atoms with E-state index in [0.29, 0.717) is 31.1 Å². The quantitative estimate of drug-likeness (QED) is 0.840. The van der Waals surface area contributed by atoms with Gasteiger partial charge in [0.25, 0.3) is 0 Å². The summed E-state index contributed by atoms with van der Waals surface area (Å²) in [6, 6.07) is 4.49. The molecule has 1 aromatic carbocycles. The zero-order valence-corrected chi connectivity index (χ0v) is 12.4. The molecule has 0 amide bonds. The number of anilines is 2. The van der Waals surface area contributed by atoms with Crippen LogP contribution in [0.15, 0.2) is 30.6 Å². The average Bonchev–Trinajstić information content (AvgIpc) is 2.57. The van der Waals surface area contributed by atoms with Crippen LogP contribution in [0.25, 0.3) is 0 Å². The Kier molecular flexibility index (Phi) is 4.63. The fourth-order valence-corrected chi connectivity index (χ4v) is 2.27. The van der Waals surface area contributed by atoms with Crippen LogP contribution >= 0.6 is 0 Å². The molecule has 0 radical (unpaired) electrons. The van der Waals surface area contributed by atoms with Crippen LogP contribution in [0.1, 0.15) is 17.2 Å². The van der Waals surface area contributed by atoms with E-state index in [1.54, 1.807) is 6.07 Å². The summed E-state index contributed by atoms with van der Waals surface area (Å²) in [5, 5.41) is 5.71. The van der Waals surface area contributed by atoms with Gasteiger partial charge in [-0.05, 0) is 17.7 Å². The first-order valence-electron chi connectivity index (χ1n) is 7.21. The second-order valence-corrected chi connectivity index (χ2v) is 5.22. The molecule has 5 nitrogen and oxygen atoms in total. The van der Waals surface area contributed by atoms with Crippen LogP contribution in [-0.2, 0) is 10.9 Å². The van der Waals surface area contributed by atoms with Gasteiger partial charge in [0, 0.05) is 25.5 Å². The van der Waals surface area contributed by atoms with Crippen molar-refractivity contribution in [3.63, 3.8) is 0 Å². The first-order valence-corrected chi connectivity index (χ1v) is 7.21. The number of ether oxygens (including phenoxy) is 1. The molecule has 1 saturated heterocycles. The number of rotatable bonds is 3. The van der Waals surface area contributed by atoms with Crippen molar-refractivity contribution in [3.05, 3.63) is 47.5 Å². The van der Waals surface area contributed by atoms with Crippen LogP contribution < -0.4 is 10.6 Å². The van der Waals surface area contributed by atoms with E-state index < -0.39 is 17.6 Å². The van der Waals surface area contributed by atoms with Gasteiger partial charge in [0.05, 0.1) is 24.0 Å². The van der Waals surface area contributed by atoms with Crippen molar-refractivity contribution < 1.29 is 22.3 Å². The van der Waals surface area contributed by atoms with Crippen LogP contribution in [0, 0.1) is 5.82 Å². The molecule has 1 aliphatic heterocycles. The molecule has 24 heavy (non-hydrogen) atoms. The highest BCUT2D eigenvalue weighted by Crippen LogP contribution is 2.29. The van der Waals surface area contributed by atoms with Crippen LogP contribution in [0.2, 0.25) is 0 Å². The van der Waals surface area contributed by atoms with Gasteiger partial charge in [0.2, 0.25) is 5.95 Å². The molecule has 1 atom stereocenters. The molecule has 1 aromatic heterocycles. The third-order valence-corrected chi connectivity index (χ3v) is 3.52. The highest BCUT2D eigenvalue weighted by atomic mass is 19.4. The molecule has 9 heteroatoms. The minimum Gasteiger partial charge on any atom is -0.371 e. The van der Waals surface area contributed by atoms with Gasteiger partial charge in [-0.25, -0.2) is 14.4 Å². The molecule has 0 spiro atoms. The third kappa shape index (κ3) is 3.80. The Labute approximate surface area is 135 Å². The van der Waals surface area contributed by atoms with Crippen molar-refractivity contribution >= 4 is 11.6 Å². The summed E-state index contributed by atoms with van der Waals surface area (Å²) in [5.74, 6) is -0.685. The smallest absolute Gasteiger partial charge is 0.371 e. The molecular formula is C15H14F4N4O. The zero-order valence-electron chi connectivity index (χ0n) is 12.4. The van der Waals surface area contributed by atoms with Crippen LogP contribution in [-0.4, -0.2) is 29.7 Å². The second-order valence-electron chi connectivity index (χ2n) is 5.22. The summed E-state index contributed by atoms with van der Waals surface area (Å²) in [7, 11) is 0. The van der Waals surface area contributed by atoms with E-state index in [1.165, 1.54) is 12.1 Å². The summed E-state index contributed by atoms with van der Waals surface area (Å²) >= 11 is 0. The van der Waals surface area contributed by atoms with Crippen LogP contribution in [0.5, 0.6) is 0 Å². The molecule has 0 unspecified atom stereocenters. The van der Waals surface area contributed by atoms with Crippen molar-refractivity contribution in [2.45, 2.75) is 12.3 Å². The minimum absolute atomic E-state index is 0.0716. The SMILES string of the molecule is Fc1cc([C@H]2CNCCO2)ccc1Nc1ncc(C(F)(F)F)cn1. The molecule has 2 heterocycles. The molecule has 1 fully saturated rings. The highest BCUT2D eigenvalue weighted by Gasteiger charge is 2.31. The molecular weight excluding hydrogens is 328 g/mol. The van der Waals surface area contributed by atoms with Gasteiger partial charge in [-0.3, -0.25) is 0 Å². The summed E-state index contributed by atoms with van der Waals surface area (Å²) in [6.07, 6.45) is -3.46. The molecule has 128 valence electrons. The van der Waals surface area contributed by atoms with Gasteiger partial charge in [-0.2, -0.15) is 13.2 Å². The lowest BCUT2D eigenvalue weighted by molar-refractivity contribution is -0.138. The Bertz CT molecular complexity index is 700. The second kappa shape index (κ2) is 6.70. The van der Waals surface area contributed by atoms with Gasteiger partial charge in [0.15, 0.2) is 0 Å². The molecule has 0 aliphatic carbocycles. The van der Waals surface area contributed by atoms with E-state index in [9.17, 15) is 17.6 Å². The number of nitrogens with one attached hydrogen (secondary N) is 2. The first kappa shape index (κ1) is 16.6. The summed E-state index contributed by atoms with van der Waals surface area (Å²) in [4.78, 5) is 7.10. The number of morpholine rings is 1. The summed E-state index contributed by atoms with van der Waals surface area (Å²) < 4.78 is 57.1. The number of alkyl halides is 3. The lowest BCUT2D eigenvalue weighted by atomic mass is 10.1. The third-order valence-electron chi connectivity index (χ3n) is 3.52. The number of hydrogen-bond donors (Lipinski definition) is 2. The van der Waals surface area contributed by atoms with Gasteiger partial charge < -0.3 is 15.4 Å². The molecule has 0 saturated carbocycles. The average molecular weight is 342 g/mol. The van der Waals surface area contributed by atoms with Crippen molar-refractivity contribution in [2.75, 3.05) is 25.0 Å². The van der Waals surface area contributed by atoms with Gasteiger partial charge >= 0.3 is 6.18 Å². The monoisotopic (exact) mass is 342 g/mol. The Morgan fingerprint density at radius 1 is 1.21 bits per heavy atom. The molecule has 2 N–H and O–H groups in total. The normalized spacial score (nSPS) is 18.4. The zero-order chi connectivity index (χ0) is 17.2. The van der Waals surface area contributed by atoms with E-state index in [2.05, 4.69) is 20.6 Å². The Hall–Kier alpha value is -2.26. The number of halogens is 4. The fraction of sp³-hybridized carbons (Fsp3) is 0.333. The maximum atomic E-state index is 14.2. The van der Waals surface area contributed by atoms with Crippen molar-refractivity contribution in [1.29, 1.82) is 0 Å². The number of benzene rings is 1. The maximum Gasteiger partial charge on any atom is 0.419 e. The predicted molar refractivity (Wildman–Crippen MR) is 78.3 cm³/mol. The Morgan fingerprint density at radius 2 is 1.96 bits per heavy atom. The van der Waals surface area contributed by atoms with Gasteiger partial charge in [-0.1, -0.05) is 6.07 Å². The molecule has 2 aromatic rings. The molecule has 1 aliphatic rings. The largest absolute Gasteiger partial charge is 0.419 e. The van der Waals surface area contributed by atoms with Gasteiger partial charge in [0.1, 0.15) is 5.82 Å². The number of aromatic nitrogens is 2. The molecule has 0 bridgehead atoms. The summed E-state index contributed by atoms with van der Waals surface area (Å²) in [5.41, 5.74) is -0.216. The van der Waals surface area contributed by atoms with E-state index in [0.717, 1.165) is 6.54 Å².